The van der Waals surface area contributed by atoms with Crippen LogP contribution >= 0.6 is 34.0 Å². The molecule has 0 saturated carbocycles. The molecule has 0 aliphatic heterocycles. The van der Waals surface area contributed by atoms with Gasteiger partial charge in [-0.05, 0) is 58.0 Å². The Bertz CT molecular complexity index is 3180. The van der Waals surface area contributed by atoms with Crippen LogP contribution in [0.25, 0.3) is 9.88 Å². The zero-order valence-electron chi connectivity index (χ0n) is 40.6. The van der Waals surface area contributed by atoms with Gasteiger partial charge >= 0.3 is 22.5 Å². The average Bonchev–Trinajstić information content (AvgIpc) is 4.21. The van der Waals surface area contributed by atoms with Crippen molar-refractivity contribution in [3.8, 4) is 9.88 Å². The standard InChI is InChI=1S/C26H26N4O6S3.C24H28N4O6S2/c1-36-26(32)29-21(15-17-6-3-2-4-7-17)24(31)27-20(22-16-38-25(28-22)23-8-5-13-37-23)14-18-9-11-19(12-10-18)30-39(33,34)35;1-3-22-25-21(15-35-22)19(13-17-9-11-18(12-10-17)28-36(31,32)33)26-23(29)20(27-24(30)34-2)14-16-7-5-4-6-8-16/h2-13,16,20-21,30H,14-15H2,1H3,(H,27,31)(H,29,32)(H,33,34,35);4-12,15,19-20,28H,3,13-14H2,1-2H3,(H,26,29)(H,27,30)(H,31,32,33)/p+1/t;19-,20-/m.0/s1. The third-order valence-corrected chi connectivity index (χ3v) is 15.0. The first-order valence-electron chi connectivity index (χ1n) is 22.9. The highest BCUT2D eigenvalue weighted by molar-refractivity contribution is 7.87. The molecule has 3 aromatic heterocycles. The van der Waals surface area contributed by atoms with Crippen molar-refractivity contribution in [1.29, 1.82) is 0 Å². The number of benzene rings is 4. The lowest BCUT2D eigenvalue weighted by Gasteiger charge is -2.21. The maximum atomic E-state index is 13.5. The summed E-state index contributed by atoms with van der Waals surface area (Å²) in [6, 6.07) is 32.6. The molecule has 0 saturated heterocycles. The summed E-state index contributed by atoms with van der Waals surface area (Å²) in [6.07, 6.45) is 0.654. The van der Waals surface area contributed by atoms with E-state index < -0.39 is 62.9 Å². The molecule has 4 atom stereocenters. The lowest BCUT2D eigenvalue weighted by molar-refractivity contribution is -0.397. The van der Waals surface area contributed by atoms with Crippen molar-refractivity contribution in [2.45, 2.75) is 63.2 Å². The van der Waals surface area contributed by atoms with Crippen molar-refractivity contribution >= 4 is 90.0 Å². The summed E-state index contributed by atoms with van der Waals surface area (Å²) in [7, 11) is -6.54. The number of nitrogens with one attached hydrogen (secondary N) is 8. The first-order chi connectivity index (χ1) is 35.9. The summed E-state index contributed by atoms with van der Waals surface area (Å²) in [5.41, 5.74) is 5.27. The van der Waals surface area contributed by atoms with Crippen LogP contribution in [0.4, 0.5) is 21.0 Å². The number of methoxy groups -OCH3 is 2. The van der Waals surface area contributed by atoms with Gasteiger partial charge in [0.05, 0.1) is 30.7 Å². The molecule has 4 aromatic carbocycles. The number of hydrogen-bond acceptors (Lipinski definition) is 14. The normalized spacial score (nSPS) is 12.8. The molecule has 7 rings (SSSR count). The zero-order chi connectivity index (χ0) is 54.0. The number of alkyl carbamates (subject to hydrolysis) is 2. The molecule has 2 unspecified atom stereocenters. The SMILES string of the molecule is CCc1[nH+]c([C@H](Cc2ccc(NS(=O)(=O)O)cc2)NC(=O)[C@H](Cc2ccccc2)NC(=O)OC)cs1.COC(=O)NC(Cc1ccccc1)C(=O)NC(Cc1ccc(NS(=O)(=O)[O-])cc1)c1csc(-c2cccs2)[nH+]1. The molecule has 0 aliphatic carbocycles. The Morgan fingerprint density at radius 3 is 1.44 bits per heavy atom. The maximum absolute atomic E-state index is 13.5. The number of aryl methyl sites for hydroxylation is 1. The molecule has 0 bridgehead atoms. The minimum Gasteiger partial charge on any atom is -0.731 e. The van der Waals surface area contributed by atoms with Gasteiger partial charge in [0, 0.05) is 37.8 Å². The molecule has 4 amide bonds. The number of H-pyrrole nitrogens is 2. The van der Waals surface area contributed by atoms with E-state index in [1.165, 1.54) is 49.8 Å². The third kappa shape index (κ3) is 18.9. The fourth-order valence-electron chi connectivity index (χ4n) is 7.43. The van der Waals surface area contributed by atoms with Crippen LogP contribution in [0.5, 0.6) is 0 Å². The van der Waals surface area contributed by atoms with Gasteiger partial charge in [0.25, 0.3) is 5.01 Å². The summed E-state index contributed by atoms with van der Waals surface area (Å²) in [5, 5.41) is 19.2. The molecule has 7 aromatic rings. The first-order valence-corrected chi connectivity index (χ1v) is 28.4. The van der Waals surface area contributed by atoms with Crippen molar-refractivity contribution in [1.82, 2.24) is 21.3 Å². The number of aromatic amines is 2. The quantitative estimate of drug-likeness (QED) is 0.0372. The van der Waals surface area contributed by atoms with Gasteiger partial charge in [0.15, 0.2) is 10.3 Å². The van der Waals surface area contributed by atoms with Crippen molar-refractivity contribution in [3.63, 3.8) is 0 Å². The molecular weight excluding hydrogens is 1060 g/mol. The number of carbonyl (C=O) groups excluding carboxylic acids is 4. The Hall–Kier alpha value is -7.26. The van der Waals surface area contributed by atoms with Gasteiger partial charge < -0.3 is 35.3 Å². The predicted octanol–water partition coefficient (Wildman–Crippen LogP) is 6.24. The minimum absolute atomic E-state index is 0.140. The summed E-state index contributed by atoms with van der Waals surface area (Å²) in [4.78, 5) is 58.7. The van der Waals surface area contributed by atoms with Gasteiger partial charge in [-0.25, -0.2) is 23.0 Å². The monoisotopic (exact) mass is 1120 g/mol. The van der Waals surface area contributed by atoms with E-state index in [-0.39, 0.29) is 30.1 Å². The van der Waals surface area contributed by atoms with E-state index in [2.05, 4.69) is 31.2 Å². The topological polar surface area (TPSA) is 299 Å². The van der Waals surface area contributed by atoms with Gasteiger partial charge in [-0.15, -0.1) is 11.3 Å². The highest BCUT2D eigenvalue weighted by Gasteiger charge is 2.31. The molecular formula is C50H55N8O12S5+. The summed E-state index contributed by atoms with van der Waals surface area (Å²) in [5.74, 6) is -0.779. The predicted molar refractivity (Wildman–Crippen MR) is 284 cm³/mol. The third-order valence-electron chi connectivity index (χ3n) is 11.1. The number of thiophene rings is 1. The number of amides is 4. The molecule has 0 radical (unpaired) electrons. The Morgan fingerprint density at radius 2 is 1.03 bits per heavy atom. The average molecular weight is 1120 g/mol. The Labute approximate surface area is 446 Å². The molecule has 0 aliphatic rings. The molecule has 75 heavy (non-hydrogen) atoms. The number of hydrogen-bond donors (Lipinski definition) is 7. The number of thiazole rings is 2. The van der Waals surface area contributed by atoms with Crippen LogP contribution in [0.15, 0.2) is 137 Å². The summed E-state index contributed by atoms with van der Waals surface area (Å²) >= 11 is 4.65. The van der Waals surface area contributed by atoms with Crippen LogP contribution in [0.3, 0.4) is 0 Å². The lowest BCUT2D eigenvalue weighted by atomic mass is 10.0. The molecule has 9 N–H and O–H groups in total. The van der Waals surface area contributed by atoms with E-state index in [1.54, 1.807) is 46.9 Å². The van der Waals surface area contributed by atoms with E-state index >= 15 is 0 Å². The molecule has 0 spiro atoms. The van der Waals surface area contributed by atoms with Crippen molar-refractivity contribution < 1.29 is 64.6 Å². The highest BCUT2D eigenvalue weighted by Crippen LogP contribution is 2.28. The number of carbonyl (C=O) groups is 4. The van der Waals surface area contributed by atoms with Crippen LogP contribution in [0, 0.1) is 0 Å². The van der Waals surface area contributed by atoms with E-state index in [0.717, 1.165) is 55.0 Å². The number of ether oxygens (including phenoxy) is 2. The van der Waals surface area contributed by atoms with Crippen molar-refractivity contribution in [3.05, 3.63) is 176 Å². The largest absolute Gasteiger partial charge is 0.731 e. The first kappa shape index (κ1) is 57.0. The maximum Gasteiger partial charge on any atom is 0.407 e. The minimum atomic E-state index is -4.64. The van der Waals surface area contributed by atoms with Gasteiger partial charge in [-0.3, -0.25) is 23.6 Å². The van der Waals surface area contributed by atoms with Crippen LogP contribution < -0.4 is 40.7 Å². The molecule has 396 valence electrons. The van der Waals surface area contributed by atoms with Gasteiger partial charge in [-0.2, -0.15) is 13.4 Å². The summed E-state index contributed by atoms with van der Waals surface area (Å²) in [6.45, 7) is 2.02. The Balaban J connectivity index is 0.000000245. The van der Waals surface area contributed by atoms with E-state index in [9.17, 15) is 40.6 Å². The molecule has 3 heterocycles. The fourth-order valence-corrected chi connectivity index (χ4v) is 10.9. The smallest absolute Gasteiger partial charge is 0.407 e. The van der Waals surface area contributed by atoms with Gasteiger partial charge in [0.1, 0.15) is 29.0 Å². The van der Waals surface area contributed by atoms with E-state index in [0.29, 0.717) is 12.8 Å². The molecule has 25 heteroatoms. The number of aromatic nitrogens is 2. The highest BCUT2D eigenvalue weighted by atomic mass is 32.2. The number of anilines is 2. The fraction of sp³-hybridized carbons (Fsp3) is 0.240. The van der Waals surface area contributed by atoms with E-state index in [4.69, 9.17) is 14.0 Å². The second-order valence-electron chi connectivity index (χ2n) is 16.5. The second kappa shape index (κ2) is 27.3. The van der Waals surface area contributed by atoms with Crippen LogP contribution in [0.1, 0.15) is 57.7 Å². The lowest BCUT2D eigenvalue weighted by Crippen LogP contribution is -2.49. The van der Waals surface area contributed by atoms with Crippen LogP contribution in [-0.4, -0.2) is 76.2 Å². The van der Waals surface area contributed by atoms with Crippen molar-refractivity contribution in [2.24, 2.45) is 0 Å². The molecule has 0 fully saturated rings. The van der Waals surface area contributed by atoms with Crippen LogP contribution in [-0.2, 0) is 71.8 Å². The van der Waals surface area contributed by atoms with Crippen LogP contribution in [0.2, 0.25) is 0 Å². The zero-order valence-corrected chi connectivity index (χ0v) is 44.7. The second-order valence-corrected chi connectivity index (χ2v) is 21.6. The van der Waals surface area contributed by atoms with Gasteiger partial charge in [-0.1, -0.05) is 121 Å². The molecule has 20 nitrogen and oxygen atoms in total. The Kier molecular flexibility index (Phi) is 20.8. The van der Waals surface area contributed by atoms with Crippen molar-refractivity contribution in [2.75, 3.05) is 23.7 Å². The van der Waals surface area contributed by atoms with E-state index in [1.807, 2.05) is 105 Å². The summed E-state index contributed by atoms with van der Waals surface area (Å²) < 4.78 is 77.4. The van der Waals surface area contributed by atoms with Gasteiger partial charge in [0.2, 0.25) is 28.2 Å². The number of rotatable bonds is 22. The Morgan fingerprint density at radius 1 is 0.573 bits per heavy atom.